The third-order valence-electron chi connectivity index (χ3n) is 8.27. The summed E-state index contributed by atoms with van der Waals surface area (Å²) < 4.78 is 30.3. The van der Waals surface area contributed by atoms with E-state index < -0.39 is 72.1 Å². The molecule has 2 saturated carbocycles. The van der Waals surface area contributed by atoms with Crippen molar-refractivity contribution in [3.63, 3.8) is 0 Å². The van der Waals surface area contributed by atoms with Crippen LogP contribution in [-0.4, -0.2) is 88.5 Å². The van der Waals surface area contributed by atoms with E-state index in [-0.39, 0.29) is 25.2 Å². The first kappa shape index (κ1) is 21.6. The quantitative estimate of drug-likeness (QED) is 0.503. The van der Waals surface area contributed by atoms with E-state index >= 15 is 0 Å². The second kappa shape index (κ2) is 7.05. The first-order valence-corrected chi connectivity index (χ1v) is 11.2. The van der Waals surface area contributed by atoms with E-state index in [1.807, 2.05) is 0 Å². The first-order valence-electron chi connectivity index (χ1n) is 11.2. The standard InChI is InChI=1S/C23H26O10/c1-21-23(33-20-18(32-21)17(27)16(26)14(9-24)30-20)8-12-13(25)7-15(31-21)22(12,23)10-29-19(28)11-5-3-2-4-6-11/h2-6,12,14-18,20,24,26-27H,7-10H2,1H3. The minimum absolute atomic E-state index is 0.0161. The van der Waals surface area contributed by atoms with Gasteiger partial charge in [0.25, 0.3) is 0 Å². The van der Waals surface area contributed by atoms with Crippen molar-refractivity contribution in [2.75, 3.05) is 13.2 Å². The zero-order chi connectivity index (χ0) is 23.2. The molecule has 33 heavy (non-hydrogen) atoms. The predicted molar refractivity (Wildman–Crippen MR) is 107 cm³/mol. The van der Waals surface area contributed by atoms with E-state index in [0.29, 0.717) is 5.56 Å². The minimum Gasteiger partial charge on any atom is -0.461 e. The minimum atomic E-state index is -1.37. The number of Topliss-reactive ketones (excluding diaryl/α,β-unsaturated/α-hetero) is 1. The van der Waals surface area contributed by atoms with Crippen LogP contribution in [0.15, 0.2) is 30.3 Å². The molecule has 6 rings (SSSR count). The Morgan fingerprint density at radius 3 is 2.64 bits per heavy atom. The van der Waals surface area contributed by atoms with Gasteiger partial charge in [0.1, 0.15) is 42.4 Å². The summed E-state index contributed by atoms with van der Waals surface area (Å²) in [5.41, 5.74) is -1.74. The van der Waals surface area contributed by atoms with Crippen LogP contribution in [0.4, 0.5) is 0 Å². The number of fused-ring (bicyclic) bond motifs is 1. The molecule has 1 aromatic rings. The van der Waals surface area contributed by atoms with Crippen molar-refractivity contribution in [3.05, 3.63) is 35.9 Å². The second-order valence-electron chi connectivity index (χ2n) is 9.70. The highest BCUT2D eigenvalue weighted by molar-refractivity contribution is 5.90. The number of rotatable bonds is 4. The molecule has 2 aliphatic carbocycles. The fourth-order valence-electron chi connectivity index (χ4n) is 6.60. The van der Waals surface area contributed by atoms with E-state index in [2.05, 4.69) is 0 Å². The molecule has 0 radical (unpaired) electrons. The van der Waals surface area contributed by atoms with Crippen molar-refractivity contribution >= 4 is 11.8 Å². The van der Waals surface area contributed by atoms with Crippen LogP contribution < -0.4 is 0 Å². The zero-order valence-corrected chi connectivity index (χ0v) is 18.0. The molecule has 0 amide bonds. The number of carbonyl (C=O) groups is 2. The molecule has 3 heterocycles. The summed E-state index contributed by atoms with van der Waals surface area (Å²) >= 11 is 0. The van der Waals surface area contributed by atoms with Gasteiger partial charge in [0.2, 0.25) is 0 Å². The lowest BCUT2D eigenvalue weighted by Crippen LogP contribution is -2.79. The van der Waals surface area contributed by atoms with Gasteiger partial charge < -0.3 is 39.0 Å². The Labute approximate surface area is 189 Å². The third kappa shape index (κ3) is 2.57. The summed E-state index contributed by atoms with van der Waals surface area (Å²) in [7, 11) is 0. The fraction of sp³-hybridized carbons (Fsp3) is 0.652. The number of ether oxygens (including phenoxy) is 5. The van der Waals surface area contributed by atoms with E-state index in [9.17, 15) is 24.9 Å². The maximum Gasteiger partial charge on any atom is 0.338 e. The van der Waals surface area contributed by atoms with Crippen molar-refractivity contribution < 1.29 is 48.6 Å². The molecule has 10 nitrogen and oxygen atoms in total. The molecule has 10 unspecified atom stereocenters. The van der Waals surface area contributed by atoms with Gasteiger partial charge >= 0.3 is 5.97 Å². The maximum absolute atomic E-state index is 12.7. The van der Waals surface area contributed by atoms with Crippen LogP contribution >= 0.6 is 0 Å². The van der Waals surface area contributed by atoms with Crippen LogP contribution in [0.25, 0.3) is 0 Å². The number of carbonyl (C=O) groups excluding carboxylic acids is 2. The largest absolute Gasteiger partial charge is 0.461 e. The van der Waals surface area contributed by atoms with Gasteiger partial charge in [-0.25, -0.2) is 4.79 Å². The van der Waals surface area contributed by atoms with Crippen molar-refractivity contribution in [3.8, 4) is 0 Å². The Balaban J connectivity index is 1.33. The molecule has 3 saturated heterocycles. The number of hydrogen-bond donors (Lipinski definition) is 3. The molecule has 1 spiro atoms. The number of benzene rings is 1. The SMILES string of the molecule is CC12OC3C(OC(CO)C(O)C3O)OC13CC1C(=O)CC(O2)C13COC(=O)c1ccccc1. The van der Waals surface area contributed by atoms with Crippen LogP contribution in [0.3, 0.4) is 0 Å². The van der Waals surface area contributed by atoms with Crippen molar-refractivity contribution in [2.45, 2.75) is 68.0 Å². The average Bonchev–Trinajstić information content (AvgIpc) is 3.09. The van der Waals surface area contributed by atoms with Crippen molar-refractivity contribution in [1.29, 1.82) is 0 Å². The Morgan fingerprint density at radius 1 is 1.15 bits per heavy atom. The van der Waals surface area contributed by atoms with E-state index in [4.69, 9.17) is 23.7 Å². The van der Waals surface area contributed by atoms with Gasteiger partial charge in [-0.3, -0.25) is 4.79 Å². The predicted octanol–water partition coefficient (Wildman–Crippen LogP) is -0.469. The summed E-state index contributed by atoms with van der Waals surface area (Å²) in [5, 5.41) is 30.4. The summed E-state index contributed by atoms with van der Waals surface area (Å²) in [4.78, 5) is 25.4. The van der Waals surface area contributed by atoms with Gasteiger partial charge in [-0.2, -0.15) is 0 Å². The Bertz CT molecular complexity index is 985. The molecule has 1 aromatic carbocycles. The number of aliphatic hydroxyl groups excluding tert-OH is 3. The monoisotopic (exact) mass is 462 g/mol. The van der Waals surface area contributed by atoms with E-state index in [1.54, 1.807) is 37.3 Å². The summed E-state index contributed by atoms with van der Waals surface area (Å²) in [6.07, 6.45) is -6.14. The Kier molecular flexibility index (Phi) is 4.61. The van der Waals surface area contributed by atoms with E-state index in [0.717, 1.165) is 0 Å². The summed E-state index contributed by atoms with van der Waals surface area (Å²) in [5.74, 6) is -2.29. The third-order valence-corrected chi connectivity index (χ3v) is 8.27. The highest BCUT2D eigenvalue weighted by atomic mass is 16.8. The molecule has 0 aromatic heterocycles. The second-order valence-corrected chi connectivity index (χ2v) is 9.70. The summed E-state index contributed by atoms with van der Waals surface area (Å²) in [6.45, 7) is 1.06. The molecule has 5 aliphatic rings. The average molecular weight is 462 g/mol. The molecule has 10 heteroatoms. The fourth-order valence-corrected chi connectivity index (χ4v) is 6.60. The van der Waals surface area contributed by atoms with Crippen LogP contribution in [0.2, 0.25) is 0 Å². The normalized spacial score (nSPS) is 49.6. The highest BCUT2D eigenvalue weighted by Gasteiger charge is 2.89. The summed E-state index contributed by atoms with van der Waals surface area (Å²) in [6, 6.07) is 8.56. The molecular formula is C23H26O10. The van der Waals surface area contributed by atoms with Gasteiger partial charge in [-0.1, -0.05) is 18.2 Å². The van der Waals surface area contributed by atoms with Gasteiger partial charge in [0, 0.05) is 12.3 Å². The van der Waals surface area contributed by atoms with Crippen LogP contribution in [0, 0.1) is 11.3 Å². The number of esters is 1. The number of aliphatic hydroxyl groups is 3. The van der Waals surface area contributed by atoms with Gasteiger partial charge in [-0.15, -0.1) is 0 Å². The Hall–Kier alpha value is -1.92. The van der Waals surface area contributed by atoms with Gasteiger partial charge in [0.05, 0.1) is 23.7 Å². The van der Waals surface area contributed by atoms with Gasteiger partial charge in [-0.05, 0) is 25.5 Å². The molecule has 5 fully saturated rings. The molecule has 0 bridgehead atoms. The van der Waals surface area contributed by atoms with Crippen molar-refractivity contribution in [1.82, 2.24) is 0 Å². The lowest BCUT2D eigenvalue weighted by atomic mass is 9.49. The maximum atomic E-state index is 12.7. The molecule has 3 N–H and O–H groups in total. The molecular weight excluding hydrogens is 436 g/mol. The van der Waals surface area contributed by atoms with Crippen LogP contribution in [0.5, 0.6) is 0 Å². The smallest absolute Gasteiger partial charge is 0.338 e. The topological polar surface area (TPSA) is 141 Å². The number of ketones is 1. The lowest BCUT2D eigenvalue weighted by molar-refractivity contribution is -0.466. The van der Waals surface area contributed by atoms with Crippen molar-refractivity contribution in [2.24, 2.45) is 11.3 Å². The molecule has 178 valence electrons. The highest BCUT2D eigenvalue weighted by Crippen LogP contribution is 2.75. The van der Waals surface area contributed by atoms with Crippen LogP contribution in [0.1, 0.15) is 30.1 Å². The van der Waals surface area contributed by atoms with E-state index in [1.165, 1.54) is 0 Å². The zero-order valence-electron chi connectivity index (χ0n) is 18.0. The first-order chi connectivity index (χ1) is 15.8. The molecule has 3 aliphatic heterocycles. The lowest BCUT2D eigenvalue weighted by Gasteiger charge is -2.65. The van der Waals surface area contributed by atoms with Crippen LogP contribution in [-0.2, 0) is 28.5 Å². The number of hydrogen-bond acceptors (Lipinski definition) is 10. The Morgan fingerprint density at radius 2 is 1.91 bits per heavy atom. The molecule has 10 atom stereocenters. The van der Waals surface area contributed by atoms with Gasteiger partial charge in [0.15, 0.2) is 12.1 Å².